The lowest BCUT2D eigenvalue weighted by Crippen LogP contribution is -2.51. The number of nitrogens with zero attached hydrogens (tertiary/aromatic N) is 1. The Balaban J connectivity index is 2.35. The van der Waals surface area contributed by atoms with Crippen molar-refractivity contribution in [3.8, 4) is 0 Å². The molecule has 0 aromatic heterocycles. The summed E-state index contributed by atoms with van der Waals surface area (Å²) in [5, 5.41) is 0.128. The second-order valence-corrected chi connectivity index (χ2v) is 5.57. The average Bonchev–Trinajstić information content (AvgIpc) is 2.49. The first kappa shape index (κ1) is 16.0. The normalized spacial score (nSPS) is 11.7. The van der Waals surface area contributed by atoms with E-state index in [2.05, 4.69) is 0 Å². The summed E-state index contributed by atoms with van der Waals surface area (Å²) in [6.45, 7) is 1.99. The van der Waals surface area contributed by atoms with Crippen LogP contribution < -0.4 is 16.4 Å². The van der Waals surface area contributed by atoms with Crippen LogP contribution in [0.25, 0.3) is 0 Å². The van der Waals surface area contributed by atoms with Crippen molar-refractivity contribution < 1.29 is 4.79 Å². The Bertz CT molecular complexity index is 655. The van der Waals surface area contributed by atoms with Crippen molar-refractivity contribution in [2.75, 3.05) is 4.90 Å². The van der Waals surface area contributed by atoms with Gasteiger partial charge < -0.3 is 16.4 Å². The van der Waals surface area contributed by atoms with E-state index in [9.17, 15) is 4.79 Å². The number of anilines is 1. The number of amides is 1. The lowest BCUT2D eigenvalue weighted by molar-refractivity contribution is -0.119. The lowest BCUT2D eigenvalue weighted by atomic mass is 10.0. The van der Waals surface area contributed by atoms with Gasteiger partial charge in [-0.25, -0.2) is 0 Å². The zero-order chi connectivity index (χ0) is 16.1. The lowest BCUT2D eigenvalue weighted by Gasteiger charge is -2.30. The molecule has 2 aromatic rings. The summed E-state index contributed by atoms with van der Waals surface area (Å²) < 4.78 is 0. The molecule has 22 heavy (non-hydrogen) atoms. The minimum absolute atomic E-state index is 0.128. The van der Waals surface area contributed by atoms with Crippen molar-refractivity contribution >= 4 is 28.9 Å². The highest BCUT2D eigenvalue weighted by Gasteiger charge is 2.26. The van der Waals surface area contributed by atoms with E-state index >= 15 is 0 Å². The summed E-state index contributed by atoms with van der Waals surface area (Å²) in [5.41, 5.74) is 14.3. The van der Waals surface area contributed by atoms with Crippen LogP contribution in [0, 0.1) is 6.92 Å². The highest BCUT2D eigenvalue weighted by molar-refractivity contribution is 7.80. The second kappa shape index (κ2) is 7.04. The van der Waals surface area contributed by atoms with Crippen LogP contribution >= 0.6 is 12.2 Å². The zero-order valence-electron chi connectivity index (χ0n) is 12.4. The summed E-state index contributed by atoms with van der Waals surface area (Å²) in [5.74, 6) is -0.461. The molecule has 0 aliphatic rings. The molecule has 0 aliphatic carbocycles. The maximum atomic E-state index is 12.0. The van der Waals surface area contributed by atoms with Crippen LogP contribution in [0.15, 0.2) is 54.6 Å². The number of hydrogen-bond acceptors (Lipinski definition) is 2. The van der Waals surface area contributed by atoms with Gasteiger partial charge in [-0.15, -0.1) is 0 Å². The minimum atomic E-state index is -0.623. The van der Waals surface area contributed by atoms with E-state index < -0.39 is 11.9 Å². The third kappa shape index (κ3) is 3.83. The Kier molecular flexibility index (Phi) is 5.12. The van der Waals surface area contributed by atoms with Gasteiger partial charge in [0.05, 0.1) is 0 Å². The molecule has 114 valence electrons. The van der Waals surface area contributed by atoms with E-state index in [0.717, 1.165) is 16.8 Å². The van der Waals surface area contributed by atoms with Crippen molar-refractivity contribution in [3.63, 3.8) is 0 Å². The standard InChI is InChI=1S/C17H19N3OS/c1-12-7-9-14(10-8-12)20(17(19)22)15(16(18)21)11-13-5-3-2-4-6-13/h2-10,15H,11H2,1H3,(H2,18,21)(H2,19,22)/t15-/m0/s1. The van der Waals surface area contributed by atoms with Crippen LogP contribution in [0.4, 0.5) is 5.69 Å². The number of thiocarbonyl (C=S) groups is 1. The van der Waals surface area contributed by atoms with Gasteiger partial charge in [0, 0.05) is 12.1 Å². The van der Waals surface area contributed by atoms with Gasteiger partial charge in [-0.05, 0) is 36.8 Å². The highest BCUT2D eigenvalue weighted by atomic mass is 32.1. The van der Waals surface area contributed by atoms with Gasteiger partial charge in [-0.1, -0.05) is 48.0 Å². The minimum Gasteiger partial charge on any atom is -0.376 e. The molecule has 0 heterocycles. The van der Waals surface area contributed by atoms with E-state index in [1.54, 1.807) is 4.90 Å². The summed E-state index contributed by atoms with van der Waals surface area (Å²) in [6, 6.07) is 16.7. The first-order chi connectivity index (χ1) is 10.5. The second-order valence-electron chi connectivity index (χ2n) is 5.15. The Morgan fingerprint density at radius 1 is 1.09 bits per heavy atom. The number of nitrogens with two attached hydrogens (primary N) is 2. The molecule has 0 saturated carbocycles. The predicted molar refractivity (Wildman–Crippen MR) is 93.6 cm³/mol. The van der Waals surface area contributed by atoms with Crippen LogP contribution in [-0.4, -0.2) is 17.1 Å². The third-order valence-electron chi connectivity index (χ3n) is 3.46. The molecular weight excluding hydrogens is 294 g/mol. The van der Waals surface area contributed by atoms with Gasteiger partial charge in [0.2, 0.25) is 5.91 Å². The topological polar surface area (TPSA) is 72.3 Å². The molecule has 0 aliphatic heterocycles. The number of hydrogen-bond donors (Lipinski definition) is 2. The Morgan fingerprint density at radius 3 is 2.18 bits per heavy atom. The maximum Gasteiger partial charge on any atom is 0.240 e. The van der Waals surface area contributed by atoms with E-state index in [-0.39, 0.29) is 5.11 Å². The summed E-state index contributed by atoms with van der Waals surface area (Å²) in [6.07, 6.45) is 0.446. The molecule has 1 amide bonds. The van der Waals surface area contributed by atoms with Crippen LogP contribution in [-0.2, 0) is 11.2 Å². The molecule has 2 aromatic carbocycles. The summed E-state index contributed by atoms with van der Waals surface area (Å²) in [4.78, 5) is 13.6. The molecule has 0 unspecified atom stereocenters. The molecule has 2 rings (SSSR count). The van der Waals surface area contributed by atoms with Crippen molar-refractivity contribution in [1.29, 1.82) is 0 Å². The molecule has 0 spiro atoms. The number of carbonyl (C=O) groups is 1. The molecule has 5 heteroatoms. The van der Waals surface area contributed by atoms with Crippen molar-refractivity contribution in [3.05, 3.63) is 65.7 Å². The average molecular weight is 313 g/mol. The van der Waals surface area contributed by atoms with Crippen molar-refractivity contribution in [2.24, 2.45) is 11.5 Å². The van der Waals surface area contributed by atoms with Gasteiger partial charge in [0.1, 0.15) is 6.04 Å². The Morgan fingerprint density at radius 2 is 1.68 bits per heavy atom. The molecule has 4 nitrogen and oxygen atoms in total. The Labute approximate surface area is 135 Å². The molecule has 0 saturated heterocycles. The van der Waals surface area contributed by atoms with Crippen molar-refractivity contribution in [2.45, 2.75) is 19.4 Å². The quantitative estimate of drug-likeness (QED) is 0.830. The van der Waals surface area contributed by atoms with Gasteiger partial charge in [-0.2, -0.15) is 0 Å². The van der Waals surface area contributed by atoms with Crippen LogP contribution in [0.5, 0.6) is 0 Å². The fourth-order valence-corrected chi connectivity index (χ4v) is 2.56. The van der Waals surface area contributed by atoms with Crippen LogP contribution in [0.2, 0.25) is 0 Å². The van der Waals surface area contributed by atoms with E-state index in [0.29, 0.717) is 6.42 Å². The molecule has 0 radical (unpaired) electrons. The fourth-order valence-electron chi connectivity index (χ4n) is 2.32. The predicted octanol–water partition coefficient (Wildman–Crippen LogP) is 2.14. The number of benzene rings is 2. The first-order valence-corrected chi connectivity index (χ1v) is 7.38. The molecule has 1 atom stereocenters. The van der Waals surface area contributed by atoms with Gasteiger partial charge in [-0.3, -0.25) is 4.79 Å². The zero-order valence-corrected chi connectivity index (χ0v) is 13.2. The highest BCUT2D eigenvalue weighted by Crippen LogP contribution is 2.20. The molecular formula is C17H19N3OS. The van der Waals surface area contributed by atoms with E-state index in [4.69, 9.17) is 23.7 Å². The molecule has 4 N–H and O–H groups in total. The largest absolute Gasteiger partial charge is 0.376 e. The molecule has 0 fully saturated rings. The third-order valence-corrected chi connectivity index (χ3v) is 3.66. The number of rotatable bonds is 5. The SMILES string of the molecule is Cc1ccc(N(C(N)=S)[C@@H](Cc2ccccc2)C(N)=O)cc1. The van der Waals surface area contributed by atoms with Gasteiger partial charge in [0.15, 0.2) is 5.11 Å². The van der Waals surface area contributed by atoms with Crippen LogP contribution in [0.1, 0.15) is 11.1 Å². The monoisotopic (exact) mass is 313 g/mol. The number of carbonyl (C=O) groups excluding carboxylic acids is 1. The smallest absolute Gasteiger partial charge is 0.240 e. The fraction of sp³-hybridized carbons (Fsp3) is 0.176. The maximum absolute atomic E-state index is 12.0. The van der Waals surface area contributed by atoms with Gasteiger partial charge in [0.25, 0.3) is 0 Å². The number of primary amides is 1. The van der Waals surface area contributed by atoms with Crippen molar-refractivity contribution in [1.82, 2.24) is 0 Å². The first-order valence-electron chi connectivity index (χ1n) is 6.97. The number of aryl methyl sites for hydroxylation is 1. The van der Waals surface area contributed by atoms with E-state index in [1.807, 2.05) is 61.5 Å². The molecule has 0 bridgehead atoms. The van der Waals surface area contributed by atoms with E-state index in [1.165, 1.54) is 0 Å². The summed E-state index contributed by atoms with van der Waals surface area (Å²) in [7, 11) is 0. The summed E-state index contributed by atoms with van der Waals surface area (Å²) >= 11 is 5.14. The van der Waals surface area contributed by atoms with Gasteiger partial charge >= 0.3 is 0 Å². The Hall–Kier alpha value is -2.40. The van der Waals surface area contributed by atoms with Crippen LogP contribution in [0.3, 0.4) is 0 Å².